The Balaban J connectivity index is 1.36. The summed E-state index contributed by atoms with van der Waals surface area (Å²) < 4.78 is 5.27. The molecule has 0 radical (unpaired) electrons. The first kappa shape index (κ1) is 20.6. The fourth-order valence-corrected chi connectivity index (χ4v) is 5.42. The van der Waals surface area contributed by atoms with Gasteiger partial charge in [0.1, 0.15) is 11.6 Å². The van der Waals surface area contributed by atoms with E-state index in [1.807, 2.05) is 12.1 Å². The van der Waals surface area contributed by atoms with Gasteiger partial charge in [-0.1, -0.05) is 31.4 Å². The summed E-state index contributed by atoms with van der Waals surface area (Å²) in [4.78, 5) is 15.1. The van der Waals surface area contributed by atoms with Gasteiger partial charge in [0.05, 0.1) is 12.8 Å². The fraction of sp³-hybridized carbons (Fsp3) is 0.600. The van der Waals surface area contributed by atoms with E-state index in [0.29, 0.717) is 18.5 Å². The van der Waals surface area contributed by atoms with E-state index in [0.717, 1.165) is 37.1 Å². The highest BCUT2D eigenvalue weighted by Crippen LogP contribution is 2.34. The molecule has 1 unspecified atom stereocenters. The molecule has 1 aromatic heterocycles. The van der Waals surface area contributed by atoms with Crippen molar-refractivity contribution in [3.8, 4) is 5.75 Å². The number of benzene rings is 1. The van der Waals surface area contributed by atoms with E-state index in [1.54, 1.807) is 7.11 Å². The van der Waals surface area contributed by atoms with Gasteiger partial charge in [0.2, 0.25) is 5.95 Å². The van der Waals surface area contributed by atoms with Crippen LogP contribution in [-0.2, 0) is 6.54 Å². The van der Waals surface area contributed by atoms with E-state index >= 15 is 0 Å². The number of methoxy groups -OCH3 is 1. The van der Waals surface area contributed by atoms with Crippen LogP contribution in [0.5, 0.6) is 5.75 Å². The van der Waals surface area contributed by atoms with Crippen LogP contribution in [0.15, 0.2) is 30.3 Å². The van der Waals surface area contributed by atoms with Gasteiger partial charge in [0, 0.05) is 44.2 Å². The average molecular weight is 422 g/mol. The molecule has 6 heteroatoms. The molecule has 166 valence electrons. The van der Waals surface area contributed by atoms with Crippen LogP contribution >= 0.6 is 0 Å². The van der Waals surface area contributed by atoms with E-state index in [2.05, 4.69) is 33.3 Å². The van der Waals surface area contributed by atoms with Crippen LogP contribution in [0.3, 0.4) is 0 Å². The number of hydrogen-bond donors (Lipinski definition) is 1. The van der Waals surface area contributed by atoms with Crippen molar-refractivity contribution in [2.75, 3.05) is 43.5 Å². The lowest BCUT2D eigenvalue weighted by atomic mass is 9.87. The Morgan fingerprint density at radius 3 is 2.61 bits per heavy atom. The summed E-state index contributed by atoms with van der Waals surface area (Å²) in [5, 5.41) is 3.50. The zero-order chi connectivity index (χ0) is 21.0. The predicted molar refractivity (Wildman–Crippen MR) is 125 cm³/mol. The summed E-state index contributed by atoms with van der Waals surface area (Å²) >= 11 is 0. The second kappa shape index (κ2) is 9.43. The van der Waals surface area contributed by atoms with Crippen molar-refractivity contribution < 1.29 is 4.74 Å². The minimum absolute atomic E-state index is 0.574. The van der Waals surface area contributed by atoms with Crippen molar-refractivity contribution in [2.24, 2.45) is 0 Å². The summed E-state index contributed by atoms with van der Waals surface area (Å²) in [6.45, 7) is 5.30. The first-order valence-electron chi connectivity index (χ1n) is 12.0. The highest BCUT2D eigenvalue weighted by Gasteiger charge is 2.31. The van der Waals surface area contributed by atoms with Gasteiger partial charge in [-0.15, -0.1) is 0 Å². The molecule has 2 saturated heterocycles. The maximum Gasteiger partial charge on any atom is 0.225 e. The molecule has 1 saturated carbocycles. The molecule has 2 aromatic rings. The number of hydrogen-bond acceptors (Lipinski definition) is 6. The molecule has 1 aromatic carbocycles. The van der Waals surface area contributed by atoms with Crippen molar-refractivity contribution in [2.45, 2.75) is 63.5 Å². The van der Waals surface area contributed by atoms with E-state index in [9.17, 15) is 0 Å². The fourth-order valence-electron chi connectivity index (χ4n) is 5.42. The SMILES string of the molecule is COc1ccc(CNc2nc(C3CCCCC3)cc(N3CCN4CCCC4C3)n2)cc1. The number of nitrogens with zero attached hydrogens (tertiary/aromatic N) is 4. The topological polar surface area (TPSA) is 53.5 Å². The number of ether oxygens (including phenoxy) is 1. The number of fused-ring (bicyclic) bond motifs is 1. The summed E-state index contributed by atoms with van der Waals surface area (Å²) in [7, 11) is 1.70. The highest BCUT2D eigenvalue weighted by atomic mass is 16.5. The number of nitrogens with one attached hydrogen (secondary N) is 1. The van der Waals surface area contributed by atoms with Gasteiger partial charge < -0.3 is 15.0 Å². The van der Waals surface area contributed by atoms with Crippen LogP contribution in [0.1, 0.15) is 62.1 Å². The van der Waals surface area contributed by atoms with Gasteiger partial charge in [-0.05, 0) is 49.9 Å². The van der Waals surface area contributed by atoms with Crippen LogP contribution in [0.4, 0.5) is 11.8 Å². The Hall–Kier alpha value is -2.34. The monoisotopic (exact) mass is 421 g/mol. The molecule has 6 nitrogen and oxygen atoms in total. The van der Waals surface area contributed by atoms with Crippen LogP contribution in [0.2, 0.25) is 0 Å². The minimum Gasteiger partial charge on any atom is -0.497 e. The Bertz CT molecular complexity index is 865. The van der Waals surface area contributed by atoms with Gasteiger partial charge in [-0.25, -0.2) is 4.98 Å². The first-order chi connectivity index (χ1) is 15.3. The molecular formula is C25H35N5O. The van der Waals surface area contributed by atoms with Crippen molar-refractivity contribution >= 4 is 11.8 Å². The quantitative estimate of drug-likeness (QED) is 0.745. The summed E-state index contributed by atoms with van der Waals surface area (Å²) in [5.74, 6) is 3.33. The van der Waals surface area contributed by atoms with E-state index < -0.39 is 0 Å². The number of aromatic nitrogens is 2. The Morgan fingerprint density at radius 1 is 0.968 bits per heavy atom. The molecule has 0 spiro atoms. The van der Waals surface area contributed by atoms with Gasteiger partial charge >= 0.3 is 0 Å². The summed E-state index contributed by atoms with van der Waals surface area (Å²) in [5.41, 5.74) is 2.43. The molecule has 2 aliphatic heterocycles. The lowest BCUT2D eigenvalue weighted by Crippen LogP contribution is -2.50. The third-order valence-corrected chi connectivity index (χ3v) is 7.28. The van der Waals surface area contributed by atoms with Gasteiger partial charge in [-0.3, -0.25) is 4.90 Å². The lowest BCUT2D eigenvalue weighted by molar-refractivity contribution is 0.230. The number of rotatable bonds is 6. The number of anilines is 2. The molecule has 0 bridgehead atoms. The first-order valence-corrected chi connectivity index (χ1v) is 12.0. The van der Waals surface area contributed by atoms with Gasteiger partial charge in [0.25, 0.3) is 0 Å². The second-order valence-corrected chi connectivity index (χ2v) is 9.29. The van der Waals surface area contributed by atoms with Gasteiger partial charge in [-0.2, -0.15) is 4.98 Å². The standard InChI is InChI=1S/C25H35N5O/c1-31-22-11-9-19(10-12-22)17-26-25-27-23(20-6-3-2-4-7-20)16-24(28-25)30-15-14-29-13-5-8-21(29)18-30/h9-12,16,20-21H,2-8,13-15,17-18H2,1H3,(H,26,27,28). The van der Waals surface area contributed by atoms with E-state index in [1.165, 1.54) is 62.7 Å². The van der Waals surface area contributed by atoms with Crippen LogP contribution in [-0.4, -0.2) is 54.2 Å². The molecule has 5 rings (SSSR count). The zero-order valence-corrected chi connectivity index (χ0v) is 18.7. The molecule has 3 fully saturated rings. The van der Waals surface area contributed by atoms with Crippen molar-refractivity contribution in [3.63, 3.8) is 0 Å². The largest absolute Gasteiger partial charge is 0.497 e. The molecule has 3 aliphatic rings. The Kier molecular flexibility index (Phi) is 6.25. The molecule has 1 atom stereocenters. The molecule has 0 amide bonds. The molecule has 3 heterocycles. The smallest absolute Gasteiger partial charge is 0.225 e. The molecule has 1 aliphatic carbocycles. The average Bonchev–Trinajstić information content (AvgIpc) is 3.31. The third kappa shape index (κ3) is 4.79. The Morgan fingerprint density at radius 2 is 1.81 bits per heavy atom. The van der Waals surface area contributed by atoms with Crippen LogP contribution < -0.4 is 15.0 Å². The second-order valence-electron chi connectivity index (χ2n) is 9.29. The lowest BCUT2D eigenvalue weighted by Gasteiger charge is -2.38. The third-order valence-electron chi connectivity index (χ3n) is 7.28. The predicted octanol–water partition coefficient (Wildman–Crippen LogP) is 4.43. The highest BCUT2D eigenvalue weighted by molar-refractivity contribution is 5.47. The number of piperazine rings is 1. The van der Waals surface area contributed by atoms with Crippen molar-refractivity contribution in [1.82, 2.24) is 14.9 Å². The van der Waals surface area contributed by atoms with Crippen molar-refractivity contribution in [1.29, 1.82) is 0 Å². The van der Waals surface area contributed by atoms with Crippen molar-refractivity contribution in [3.05, 3.63) is 41.6 Å². The van der Waals surface area contributed by atoms with E-state index in [-0.39, 0.29) is 0 Å². The Labute approximate surface area is 186 Å². The normalized spacial score (nSPS) is 22.4. The maximum atomic E-state index is 5.27. The summed E-state index contributed by atoms with van der Waals surface area (Å²) in [6.07, 6.45) is 9.17. The van der Waals surface area contributed by atoms with Crippen LogP contribution in [0, 0.1) is 0 Å². The van der Waals surface area contributed by atoms with Crippen LogP contribution in [0.25, 0.3) is 0 Å². The molecule has 31 heavy (non-hydrogen) atoms. The molecule has 1 N–H and O–H groups in total. The molecular weight excluding hydrogens is 386 g/mol. The van der Waals surface area contributed by atoms with Gasteiger partial charge in [0.15, 0.2) is 0 Å². The summed E-state index contributed by atoms with van der Waals surface area (Å²) in [6, 6.07) is 11.2. The van der Waals surface area contributed by atoms with E-state index in [4.69, 9.17) is 14.7 Å². The maximum absolute atomic E-state index is 5.27. The zero-order valence-electron chi connectivity index (χ0n) is 18.7. The minimum atomic E-state index is 0.574.